The highest BCUT2D eigenvalue weighted by Crippen LogP contribution is 2.34. The van der Waals surface area contributed by atoms with Crippen LogP contribution < -0.4 is 19.1 Å². The van der Waals surface area contributed by atoms with Crippen molar-refractivity contribution in [2.45, 2.75) is 11.3 Å². The van der Waals surface area contributed by atoms with Crippen LogP contribution in [0.3, 0.4) is 0 Å². The normalized spacial score (nSPS) is 14.8. The van der Waals surface area contributed by atoms with Gasteiger partial charge in [-0.25, -0.2) is 8.42 Å². The predicted octanol–water partition coefficient (Wildman–Crippen LogP) is 2.86. The van der Waals surface area contributed by atoms with Gasteiger partial charge in [-0.15, -0.1) is 0 Å². The summed E-state index contributed by atoms with van der Waals surface area (Å²) in [5, 5.41) is 0. The molecule has 3 aromatic rings. The number of ether oxygens (including phenoxy) is 2. The van der Waals surface area contributed by atoms with Crippen molar-refractivity contribution in [1.29, 1.82) is 0 Å². The number of amides is 1. The molecule has 0 saturated carbocycles. The van der Waals surface area contributed by atoms with E-state index < -0.39 is 10.0 Å². The number of hydrogen-bond donors (Lipinski definition) is 1. The van der Waals surface area contributed by atoms with Crippen LogP contribution in [0.25, 0.3) is 0 Å². The summed E-state index contributed by atoms with van der Waals surface area (Å²) >= 11 is 0. The maximum Gasteiger partial charge on any atom is 0.262 e. The van der Waals surface area contributed by atoms with E-state index >= 15 is 0 Å². The largest absolute Gasteiger partial charge is 0.486 e. The van der Waals surface area contributed by atoms with Crippen molar-refractivity contribution < 1.29 is 22.7 Å². The van der Waals surface area contributed by atoms with Crippen LogP contribution in [0.1, 0.15) is 15.9 Å². The number of rotatable bonds is 4. The minimum Gasteiger partial charge on any atom is -0.486 e. The number of nitrogens with one attached hydrogen (secondary N) is 1. The topological polar surface area (TPSA) is 97.8 Å². The second kappa shape index (κ2) is 7.59. The quantitative estimate of drug-likeness (QED) is 0.674. The van der Waals surface area contributed by atoms with E-state index in [0.29, 0.717) is 48.9 Å². The summed E-state index contributed by atoms with van der Waals surface area (Å²) in [5.74, 6) is 0.810. The summed E-state index contributed by atoms with van der Waals surface area (Å²) in [6.07, 6.45) is 3.80. The van der Waals surface area contributed by atoms with Gasteiger partial charge < -0.3 is 14.4 Å². The Bertz CT molecular complexity index is 1260. The second-order valence-electron chi connectivity index (χ2n) is 7.20. The van der Waals surface area contributed by atoms with Crippen molar-refractivity contribution in [1.82, 2.24) is 4.98 Å². The molecule has 2 aliphatic rings. The van der Waals surface area contributed by atoms with E-state index in [-0.39, 0.29) is 10.8 Å². The molecule has 1 N–H and O–H groups in total. The van der Waals surface area contributed by atoms with E-state index in [9.17, 15) is 13.2 Å². The first-order valence-corrected chi connectivity index (χ1v) is 11.3. The Labute approximate surface area is 179 Å². The van der Waals surface area contributed by atoms with Gasteiger partial charge in [-0.1, -0.05) is 0 Å². The summed E-state index contributed by atoms with van der Waals surface area (Å²) < 4.78 is 39.3. The molecule has 1 amide bonds. The smallest absolute Gasteiger partial charge is 0.262 e. The summed E-state index contributed by atoms with van der Waals surface area (Å²) in [6, 6.07) is 13.2. The number of nitrogens with zero attached hydrogens (tertiary/aromatic N) is 2. The molecule has 2 aromatic carbocycles. The fourth-order valence-corrected chi connectivity index (χ4v) is 4.79. The van der Waals surface area contributed by atoms with Crippen molar-refractivity contribution in [3.05, 3.63) is 72.1 Å². The number of sulfonamides is 1. The van der Waals surface area contributed by atoms with Crippen LogP contribution in [-0.2, 0) is 16.4 Å². The van der Waals surface area contributed by atoms with Crippen molar-refractivity contribution >= 4 is 27.3 Å². The summed E-state index contributed by atoms with van der Waals surface area (Å²) in [5.41, 5.74) is 2.62. The van der Waals surface area contributed by atoms with Gasteiger partial charge in [0.15, 0.2) is 11.5 Å². The molecule has 8 nitrogen and oxygen atoms in total. The maximum atomic E-state index is 12.9. The molecule has 1 aromatic heterocycles. The third kappa shape index (κ3) is 3.68. The minimum atomic E-state index is -3.81. The van der Waals surface area contributed by atoms with E-state index in [1.165, 1.54) is 18.3 Å². The van der Waals surface area contributed by atoms with Gasteiger partial charge in [0.05, 0.1) is 10.5 Å². The number of carbonyl (C=O) groups excluding carboxylic acids is 1. The monoisotopic (exact) mass is 437 g/mol. The SMILES string of the molecule is O=C(c1cccnc1)N1CCc2cc(NS(=O)(=O)c3ccc4c(c3)OCCO4)ccc21. The van der Waals surface area contributed by atoms with Crippen LogP contribution in [0.15, 0.2) is 65.8 Å². The Balaban J connectivity index is 1.37. The maximum absolute atomic E-state index is 12.9. The highest BCUT2D eigenvalue weighted by Gasteiger charge is 2.27. The Hall–Kier alpha value is -3.59. The Morgan fingerprint density at radius 1 is 1.03 bits per heavy atom. The lowest BCUT2D eigenvalue weighted by Gasteiger charge is -2.19. The molecule has 0 unspecified atom stereocenters. The first-order chi connectivity index (χ1) is 15.0. The van der Waals surface area contributed by atoms with Crippen LogP contribution >= 0.6 is 0 Å². The van der Waals surface area contributed by atoms with Gasteiger partial charge in [0, 0.05) is 36.4 Å². The van der Waals surface area contributed by atoms with Gasteiger partial charge in [-0.05, 0) is 54.4 Å². The fourth-order valence-electron chi connectivity index (χ4n) is 3.73. The zero-order valence-corrected chi connectivity index (χ0v) is 17.3. The summed E-state index contributed by atoms with van der Waals surface area (Å²) in [6.45, 7) is 1.34. The molecule has 0 radical (unpaired) electrons. The van der Waals surface area contributed by atoms with E-state index in [2.05, 4.69) is 9.71 Å². The first kappa shape index (κ1) is 19.4. The molecule has 0 saturated heterocycles. The molecule has 5 rings (SSSR count). The Morgan fingerprint density at radius 3 is 2.68 bits per heavy atom. The van der Waals surface area contributed by atoms with Gasteiger partial charge in [0.25, 0.3) is 15.9 Å². The molecule has 0 spiro atoms. The standard InChI is InChI=1S/C22H19N3O5S/c26-22(16-2-1-8-23-14-16)25-9-7-15-12-17(3-5-19(15)25)24-31(27,28)18-4-6-20-21(13-18)30-11-10-29-20/h1-6,8,12-14,24H,7,9-11H2. The average Bonchev–Trinajstić information content (AvgIpc) is 3.21. The lowest BCUT2D eigenvalue weighted by molar-refractivity contribution is 0.0989. The van der Waals surface area contributed by atoms with E-state index in [4.69, 9.17) is 9.47 Å². The number of hydrogen-bond acceptors (Lipinski definition) is 6. The van der Waals surface area contributed by atoms with E-state index in [0.717, 1.165) is 11.3 Å². The molecule has 2 aliphatic heterocycles. The van der Waals surface area contributed by atoms with Crippen molar-refractivity contribution in [2.75, 3.05) is 29.4 Å². The molecule has 0 bridgehead atoms. The van der Waals surface area contributed by atoms with Gasteiger partial charge >= 0.3 is 0 Å². The number of anilines is 2. The third-order valence-electron chi connectivity index (χ3n) is 5.20. The lowest BCUT2D eigenvalue weighted by Crippen LogP contribution is -2.28. The van der Waals surface area contributed by atoms with Gasteiger partial charge in [0.2, 0.25) is 0 Å². The molecule has 0 aliphatic carbocycles. The van der Waals surface area contributed by atoms with Gasteiger partial charge in [-0.2, -0.15) is 0 Å². The van der Waals surface area contributed by atoms with Crippen LogP contribution in [0, 0.1) is 0 Å². The Morgan fingerprint density at radius 2 is 1.87 bits per heavy atom. The predicted molar refractivity (Wildman–Crippen MR) is 114 cm³/mol. The zero-order chi connectivity index (χ0) is 21.4. The van der Waals surface area contributed by atoms with E-state index in [1.807, 2.05) is 0 Å². The van der Waals surface area contributed by atoms with Crippen LogP contribution in [0.4, 0.5) is 11.4 Å². The lowest BCUT2D eigenvalue weighted by atomic mass is 10.1. The molecular formula is C22H19N3O5S. The average molecular weight is 437 g/mol. The third-order valence-corrected chi connectivity index (χ3v) is 6.58. The van der Waals surface area contributed by atoms with E-state index in [1.54, 1.807) is 47.5 Å². The minimum absolute atomic E-state index is 0.0885. The highest BCUT2D eigenvalue weighted by molar-refractivity contribution is 7.92. The molecule has 158 valence electrons. The summed E-state index contributed by atoms with van der Waals surface area (Å²) in [4.78, 5) is 18.6. The first-order valence-electron chi connectivity index (χ1n) is 9.78. The molecule has 31 heavy (non-hydrogen) atoms. The number of carbonyl (C=O) groups is 1. The highest BCUT2D eigenvalue weighted by atomic mass is 32.2. The number of benzene rings is 2. The summed E-state index contributed by atoms with van der Waals surface area (Å²) in [7, 11) is -3.81. The fraction of sp³-hybridized carbons (Fsp3) is 0.182. The number of aromatic nitrogens is 1. The number of fused-ring (bicyclic) bond motifs is 2. The second-order valence-corrected chi connectivity index (χ2v) is 8.89. The van der Waals surface area contributed by atoms with Crippen LogP contribution in [-0.4, -0.2) is 39.1 Å². The zero-order valence-electron chi connectivity index (χ0n) is 16.4. The van der Waals surface area contributed by atoms with Crippen LogP contribution in [0.5, 0.6) is 11.5 Å². The molecule has 3 heterocycles. The van der Waals surface area contributed by atoms with Crippen molar-refractivity contribution in [3.8, 4) is 11.5 Å². The van der Waals surface area contributed by atoms with Gasteiger partial charge in [-0.3, -0.25) is 14.5 Å². The van der Waals surface area contributed by atoms with Gasteiger partial charge in [0.1, 0.15) is 13.2 Å². The molecule has 0 atom stereocenters. The molecule has 9 heteroatoms. The number of pyridine rings is 1. The van der Waals surface area contributed by atoms with Crippen molar-refractivity contribution in [2.24, 2.45) is 0 Å². The van der Waals surface area contributed by atoms with Crippen LogP contribution in [0.2, 0.25) is 0 Å². The molecule has 0 fully saturated rings. The molecular weight excluding hydrogens is 418 g/mol. The Kier molecular flexibility index (Phi) is 4.74. The van der Waals surface area contributed by atoms with Crippen molar-refractivity contribution in [3.63, 3.8) is 0 Å².